The molecular formula is C22H25BrClN3O3S. The van der Waals surface area contributed by atoms with Crippen LogP contribution in [0, 0.1) is 0 Å². The predicted molar refractivity (Wildman–Crippen MR) is 130 cm³/mol. The number of thiocarbonyl (C=S) groups is 1. The Kier molecular flexibility index (Phi) is 9.28. The zero-order valence-corrected chi connectivity index (χ0v) is 20.7. The number of aryl methyl sites for hydroxylation is 1. The highest BCUT2D eigenvalue weighted by atomic mass is 79.9. The summed E-state index contributed by atoms with van der Waals surface area (Å²) in [6.45, 7) is 6.14. The number of hydrogen-bond acceptors (Lipinski definition) is 4. The minimum atomic E-state index is -0.445. The summed E-state index contributed by atoms with van der Waals surface area (Å²) in [6.07, 6.45) is 0.693. The molecule has 31 heavy (non-hydrogen) atoms. The number of carbonyl (C=O) groups excluding carboxylic acids is 2. The summed E-state index contributed by atoms with van der Waals surface area (Å²) < 4.78 is 6.30. The maximum Gasteiger partial charge on any atom is 0.276 e. The predicted octanol–water partition coefficient (Wildman–Crippen LogP) is 4.43. The van der Waals surface area contributed by atoms with E-state index in [4.69, 9.17) is 28.6 Å². The van der Waals surface area contributed by atoms with E-state index in [-0.39, 0.29) is 29.5 Å². The lowest BCUT2D eigenvalue weighted by Crippen LogP contribution is -2.49. The monoisotopic (exact) mass is 525 g/mol. The van der Waals surface area contributed by atoms with Crippen LogP contribution in [0.15, 0.2) is 46.9 Å². The van der Waals surface area contributed by atoms with Gasteiger partial charge in [-0.05, 0) is 69.3 Å². The molecule has 0 saturated heterocycles. The Bertz CT molecular complexity index is 963. The summed E-state index contributed by atoms with van der Waals surface area (Å²) in [5.74, 6) is -0.177. The van der Waals surface area contributed by atoms with E-state index in [9.17, 15) is 9.59 Å². The fourth-order valence-corrected chi connectivity index (χ4v) is 3.45. The Labute approximate surface area is 201 Å². The van der Waals surface area contributed by atoms with Crippen molar-refractivity contribution in [2.75, 3.05) is 6.61 Å². The van der Waals surface area contributed by atoms with Crippen LogP contribution in [0.4, 0.5) is 0 Å². The van der Waals surface area contributed by atoms with E-state index in [1.165, 1.54) is 0 Å². The van der Waals surface area contributed by atoms with Crippen molar-refractivity contribution in [2.24, 2.45) is 0 Å². The van der Waals surface area contributed by atoms with Crippen molar-refractivity contribution in [2.45, 2.75) is 39.0 Å². The van der Waals surface area contributed by atoms with Gasteiger partial charge in [-0.3, -0.25) is 20.4 Å². The largest absolute Gasteiger partial charge is 0.483 e. The van der Waals surface area contributed by atoms with Crippen molar-refractivity contribution in [1.29, 1.82) is 0 Å². The number of halogens is 2. The lowest BCUT2D eigenvalue weighted by atomic mass is 9.87. The Morgan fingerprint density at radius 2 is 1.81 bits per heavy atom. The standard InChI is InChI=1S/C22H25BrClN3O3S/c1-22(2,3)15-9-10-18(16(23)12-15)30-13-20(29)26-27-21(31)25-19(28)11-8-14-6-4-5-7-17(14)24/h4-7,9-10,12H,8,11,13H2,1-3H3,(H,26,29)(H2,25,27,28,31). The molecule has 0 aliphatic heterocycles. The van der Waals surface area contributed by atoms with E-state index >= 15 is 0 Å². The molecule has 3 N–H and O–H groups in total. The first-order chi connectivity index (χ1) is 14.6. The third kappa shape index (κ3) is 8.47. The van der Waals surface area contributed by atoms with E-state index in [1.54, 1.807) is 6.07 Å². The van der Waals surface area contributed by atoms with Gasteiger partial charge in [-0.1, -0.05) is 56.6 Å². The van der Waals surface area contributed by atoms with Crippen LogP contribution in [0.3, 0.4) is 0 Å². The number of hydrogen-bond donors (Lipinski definition) is 3. The van der Waals surface area contributed by atoms with Gasteiger partial charge in [-0.25, -0.2) is 0 Å². The normalized spacial score (nSPS) is 10.9. The highest BCUT2D eigenvalue weighted by Gasteiger charge is 2.16. The molecular weight excluding hydrogens is 502 g/mol. The minimum Gasteiger partial charge on any atom is -0.483 e. The van der Waals surface area contributed by atoms with Crippen molar-refractivity contribution in [3.63, 3.8) is 0 Å². The number of rotatable bonds is 6. The van der Waals surface area contributed by atoms with Crippen LogP contribution in [0.25, 0.3) is 0 Å². The van der Waals surface area contributed by atoms with Crippen LogP contribution < -0.4 is 20.9 Å². The number of amides is 2. The molecule has 0 saturated carbocycles. The highest BCUT2D eigenvalue weighted by Crippen LogP contribution is 2.31. The van der Waals surface area contributed by atoms with Gasteiger partial charge in [-0.2, -0.15) is 0 Å². The van der Waals surface area contributed by atoms with Crippen molar-refractivity contribution >= 4 is 56.7 Å². The number of benzene rings is 2. The molecule has 0 radical (unpaired) electrons. The molecule has 0 bridgehead atoms. The number of hydrazine groups is 1. The maximum absolute atomic E-state index is 12.0. The molecule has 0 spiro atoms. The van der Waals surface area contributed by atoms with Gasteiger partial charge >= 0.3 is 0 Å². The molecule has 166 valence electrons. The summed E-state index contributed by atoms with van der Waals surface area (Å²) in [7, 11) is 0. The van der Waals surface area contributed by atoms with Crippen LogP contribution in [0.5, 0.6) is 5.75 Å². The average Bonchev–Trinajstić information content (AvgIpc) is 2.70. The zero-order chi connectivity index (χ0) is 23.0. The second-order valence-electron chi connectivity index (χ2n) is 7.83. The molecule has 0 atom stereocenters. The van der Waals surface area contributed by atoms with Gasteiger partial charge in [0.2, 0.25) is 5.91 Å². The summed E-state index contributed by atoms with van der Waals surface area (Å²) in [4.78, 5) is 24.0. The van der Waals surface area contributed by atoms with Crippen LogP contribution in [0.2, 0.25) is 5.02 Å². The van der Waals surface area contributed by atoms with Gasteiger partial charge < -0.3 is 10.1 Å². The van der Waals surface area contributed by atoms with Gasteiger partial charge in [-0.15, -0.1) is 0 Å². The summed E-state index contributed by atoms with van der Waals surface area (Å²) in [5, 5.41) is 3.11. The van der Waals surface area contributed by atoms with E-state index in [1.807, 2.05) is 36.4 Å². The van der Waals surface area contributed by atoms with Gasteiger partial charge in [0.05, 0.1) is 4.47 Å². The van der Waals surface area contributed by atoms with E-state index < -0.39 is 5.91 Å². The molecule has 6 nitrogen and oxygen atoms in total. The number of nitrogens with one attached hydrogen (secondary N) is 3. The molecule has 2 aromatic rings. The van der Waals surface area contributed by atoms with Crippen LogP contribution >= 0.6 is 39.7 Å². The molecule has 0 aliphatic carbocycles. The van der Waals surface area contributed by atoms with Crippen molar-refractivity contribution in [1.82, 2.24) is 16.2 Å². The third-order valence-corrected chi connectivity index (χ3v) is 5.50. The van der Waals surface area contributed by atoms with Crippen LogP contribution in [-0.4, -0.2) is 23.5 Å². The Hall–Kier alpha value is -2.16. The molecule has 0 heterocycles. The second-order valence-corrected chi connectivity index (χ2v) is 9.50. The summed E-state index contributed by atoms with van der Waals surface area (Å²) in [6, 6.07) is 13.1. The molecule has 0 unspecified atom stereocenters. The first kappa shape index (κ1) is 25.1. The lowest BCUT2D eigenvalue weighted by molar-refractivity contribution is -0.124. The molecule has 2 amide bonds. The first-order valence-electron chi connectivity index (χ1n) is 9.61. The smallest absolute Gasteiger partial charge is 0.276 e. The molecule has 0 fully saturated rings. The minimum absolute atomic E-state index is 0.00628. The Morgan fingerprint density at radius 1 is 1.10 bits per heavy atom. The Morgan fingerprint density at radius 3 is 2.45 bits per heavy atom. The third-order valence-electron chi connectivity index (χ3n) is 4.30. The van der Waals surface area contributed by atoms with Crippen LogP contribution in [0.1, 0.15) is 38.3 Å². The molecule has 2 aromatic carbocycles. The number of carbonyl (C=O) groups is 2. The van der Waals surface area contributed by atoms with E-state index in [0.29, 0.717) is 17.2 Å². The van der Waals surface area contributed by atoms with Crippen molar-refractivity contribution < 1.29 is 14.3 Å². The molecule has 9 heteroatoms. The fourth-order valence-electron chi connectivity index (χ4n) is 2.56. The molecule has 0 aliphatic rings. The lowest BCUT2D eigenvalue weighted by Gasteiger charge is -2.20. The SMILES string of the molecule is CC(C)(C)c1ccc(OCC(=O)NNC(=S)NC(=O)CCc2ccccc2Cl)c(Br)c1. The van der Waals surface area contributed by atoms with Gasteiger partial charge in [0.15, 0.2) is 11.7 Å². The van der Waals surface area contributed by atoms with Crippen molar-refractivity contribution in [3.8, 4) is 5.75 Å². The average molecular weight is 527 g/mol. The quantitative estimate of drug-likeness (QED) is 0.383. The number of ether oxygens (including phenoxy) is 1. The maximum atomic E-state index is 12.0. The first-order valence-corrected chi connectivity index (χ1v) is 11.2. The van der Waals surface area contributed by atoms with Crippen LogP contribution in [-0.2, 0) is 21.4 Å². The molecule has 0 aromatic heterocycles. The van der Waals surface area contributed by atoms with Gasteiger partial charge in [0.25, 0.3) is 5.91 Å². The van der Waals surface area contributed by atoms with E-state index in [0.717, 1.165) is 15.6 Å². The van der Waals surface area contributed by atoms with Gasteiger partial charge in [0, 0.05) is 11.4 Å². The Balaban J connectivity index is 1.71. The highest BCUT2D eigenvalue weighted by molar-refractivity contribution is 9.10. The van der Waals surface area contributed by atoms with E-state index in [2.05, 4.69) is 52.9 Å². The van der Waals surface area contributed by atoms with Gasteiger partial charge in [0.1, 0.15) is 5.75 Å². The molecule has 2 rings (SSSR count). The second kappa shape index (κ2) is 11.5. The fraction of sp³-hybridized carbons (Fsp3) is 0.318. The van der Waals surface area contributed by atoms with Crippen molar-refractivity contribution in [3.05, 3.63) is 63.1 Å². The zero-order valence-electron chi connectivity index (χ0n) is 17.6. The summed E-state index contributed by atoms with van der Waals surface area (Å²) in [5.41, 5.74) is 6.91. The topological polar surface area (TPSA) is 79.5 Å². The summed E-state index contributed by atoms with van der Waals surface area (Å²) >= 11 is 14.6.